The Morgan fingerprint density at radius 3 is 2.33 bits per heavy atom. The van der Waals surface area contributed by atoms with Gasteiger partial charge < -0.3 is 35.0 Å². The fourth-order valence-corrected chi connectivity index (χ4v) is 7.39. The van der Waals surface area contributed by atoms with Gasteiger partial charge in [-0.1, -0.05) is 77.6 Å². The molecule has 0 aromatic heterocycles. The van der Waals surface area contributed by atoms with Crippen LogP contribution < -0.4 is 14.8 Å². The molecule has 4 rings (SSSR count). The standard InChI is InChI=1S/C36H56N2O7/c1-3-4-5-6-7-8-9-10-14-17-31(41)38(23-25-15-12-11-13-16-25)29-22-28(36(43)37-18-19-39)32-27-20-26(24-40)21-30(44-2)34(27)45-35(32)33(29)42/h20-22,25,29,32-33,35,39-40,42H,3-19,23-24H2,1-2H3,(H,37,43). The molecule has 45 heavy (non-hydrogen) atoms. The second-order valence-corrected chi connectivity index (χ2v) is 13.1. The normalized spacial score (nSPS) is 22.6. The van der Waals surface area contributed by atoms with Crippen LogP contribution in [0.15, 0.2) is 23.8 Å². The van der Waals surface area contributed by atoms with Crippen LogP contribution in [0.3, 0.4) is 0 Å². The number of unbranched alkanes of at least 4 members (excludes halogenated alkanes) is 8. The van der Waals surface area contributed by atoms with E-state index >= 15 is 0 Å². The Kier molecular flexibility index (Phi) is 14.0. The minimum Gasteiger partial charge on any atom is -0.493 e. The molecule has 1 aromatic rings. The van der Waals surface area contributed by atoms with Crippen molar-refractivity contribution in [3.63, 3.8) is 0 Å². The van der Waals surface area contributed by atoms with Crippen molar-refractivity contribution in [2.24, 2.45) is 5.92 Å². The Hall–Kier alpha value is -2.62. The number of methoxy groups -OCH3 is 1. The smallest absolute Gasteiger partial charge is 0.247 e. The number of aliphatic hydroxyl groups excluding tert-OH is 3. The van der Waals surface area contributed by atoms with Crippen molar-refractivity contribution in [2.45, 2.75) is 134 Å². The van der Waals surface area contributed by atoms with Crippen molar-refractivity contribution in [1.29, 1.82) is 0 Å². The zero-order valence-electron chi connectivity index (χ0n) is 27.5. The number of benzene rings is 1. The minimum absolute atomic E-state index is 0.00745. The first kappa shape index (κ1) is 35.2. The number of hydrogen-bond acceptors (Lipinski definition) is 7. The molecule has 1 heterocycles. The Morgan fingerprint density at radius 2 is 1.69 bits per heavy atom. The number of nitrogens with one attached hydrogen (secondary N) is 1. The zero-order valence-corrected chi connectivity index (χ0v) is 27.5. The fraction of sp³-hybridized carbons (Fsp3) is 0.722. The quantitative estimate of drug-likeness (QED) is 0.166. The summed E-state index contributed by atoms with van der Waals surface area (Å²) in [4.78, 5) is 29.4. The van der Waals surface area contributed by atoms with E-state index in [2.05, 4.69) is 12.2 Å². The maximum atomic E-state index is 14.0. The van der Waals surface area contributed by atoms with Gasteiger partial charge in [-0.2, -0.15) is 0 Å². The first-order valence-electron chi connectivity index (χ1n) is 17.5. The summed E-state index contributed by atoms with van der Waals surface area (Å²) in [5.41, 5.74) is 1.66. The van der Waals surface area contributed by atoms with E-state index in [-0.39, 0.29) is 31.6 Å². The first-order valence-corrected chi connectivity index (χ1v) is 17.5. The number of hydrogen-bond donors (Lipinski definition) is 4. The molecule has 3 aliphatic rings. The topological polar surface area (TPSA) is 129 Å². The lowest BCUT2D eigenvalue weighted by atomic mass is 9.76. The molecule has 1 aliphatic heterocycles. The predicted octanol–water partition coefficient (Wildman–Crippen LogP) is 5.14. The molecule has 4 unspecified atom stereocenters. The van der Waals surface area contributed by atoms with E-state index in [0.717, 1.165) is 44.9 Å². The van der Waals surface area contributed by atoms with Gasteiger partial charge in [0.25, 0.3) is 0 Å². The number of amides is 2. The molecule has 0 bridgehead atoms. The lowest BCUT2D eigenvalue weighted by Gasteiger charge is -2.42. The number of rotatable bonds is 18. The molecule has 1 fully saturated rings. The summed E-state index contributed by atoms with van der Waals surface area (Å²) in [6, 6.07) is 2.75. The lowest BCUT2D eigenvalue weighted by Crippen LogP contribution is -2.56. The molecular formula is C36H56N2O7. The van der Waals surface area contributed by atoms with Gasteiger partial charge in [-0.05, 0) is 49.0 Å². The molecule has 4 atom stereocenters. The van der Waals surface area contributed by atoms with Crippen molar-refractivity contribution in [3.05, 3.63) is 34.9 Å². The summed E-state index contributed by atoms with van der Waals surface area (Å²) in [5, 5.41) is 34.0. The second kappa shape index (κ2) is 17.9. The van der Waals surface area contributed by atoms with Gasteiger partial charge in [0.2, 0.25) is 11.8 Å². The molecular weight excluding hydrogens is 572 g/mol. The van der Waals surface area contributed by atoms with Gasteiger partial charge >= 0.3 is 0 Å². The lowest BCUT2D eigenvalue weighted by molar-refractivity contribution is -0.138. The van der Waals surface area contributed by atoms with Gasteiger partial charge in [-0.3, -0.25) is 9.59 Å². The number of ether oxygens (including phenoxy) is 2. The third-order valence-electron chi connectivity index (χ3n) is 9.85. The zero-order chi connectivity index (χ0) is 32.2. The molecule has 2 amide bonds. The molecule has 252 valence electrons. The average Bonchev–Trinajstić information content (AvgIpc) is 3.45. The predicted molar refractivity (Wildman–Crippen MR) is 174 cm³/mol. The Morgan fingerprint density at radius 1 is 1.00 bits per heavy atom. The highest BCUT2D eigenvalue weighted by Gasteiger charge is 2.51. The maximum Gasteiger partial charge on any atom is 0.247 e. The van der Waals surface area contributed by atoms with E-state index < -0.39 is 24.2 Å². The van der Waals surface area contributed by atoms with Crippen LogP contribution in [-0.2, 0) is 16.2 Å². The molecule has 2 aliphatic carbocycles. The third-order valence-corrected chi connectivity index (χ3v) is 9.85. The van der Waals surface area contributed by atoms with Crippen molar-refractivity contribution in [1.82, 2.24) is 10.2 Å². The van der Waals surface area contributed by atoms with Crippen molar-refractivity contribution in [3.8, 4) is 11.5 Å². The SMILES string of the molecule is CCCCCCCCCCCC(=O)N(CC1CCCCC1)C1C=C(C(=O)NCCO)C2c3cc(CO)cc(OC)c3OC2C1O. The first-order chi connectivity index (χ1) is 21.9. The van der Waals surface area contributed by atoms with Crippen molar-refractivity contribution >= 4 is 11.8 Å². The number of fused-ring (bicyclic) bond motifs is 3. The van der Waals surface area contributed by atoms with Crippen LogP contribution in [0.2, 0.25) is 0 Å². The monoisotopic (exact) mass is 628 g/mol. The van der Waals surface area contributed by atoms with Crippen LogP contribution in [-0.4, -0.2) is 77.1 Å². The average molecular weight is 629 g/mol. The van der Waals surface area contributed by atoms with Gasteiger partial charge in [0.15, 0.2) is 11.5 Å². The molecule has 4 N–H and O–H groups in total. The van der Waals surface area contributed by atoms with Crippen LogP contribution in [0, 0.1) is 5.92 Å². The minimum atomic E-state index is -1.07. The van der Waals surface area contributed by atoms with E-state index in [0.29, 0.717) is 47.1 Å². The summed E-state index contributed by atoms with van der Waals surface area (Å²) >= 11 is 0. The van der Waals surface area contributed by atoms with Gasteiger partial charge in [0, 0.05) is 30.6 Å². The molecule has 9 heteroatoms. The molecule has 1 aromatic carbocycles. The second-order valence-electron chi connectivity index (χ2n) is 13.1. The summed E-state index contributed by atoms with van der Waals surface area (Å²) in [6.45, 7) is 2.43. The fourth-order valence-electron chi connectivity index (χ4n) is 7.39. The van der Waals surface area contributed by atoms with Gasteiger partial charge in [-0.25, -0.2) is 0 Å². The highest BCUT2D eigenvalue weighted by Crippen LogP contribution is 2.51. The molecule has 0 saturated heterocycles. The molecule has 0 radical (unpaired) electrons. The highest BCUT2D eigenvalue weighted by atomic mass is 16.5. The number of carbonyl (C=O) groups excluding carboxylic acids is 2. The van der Waals surface area contributed by atoms with Gasteiger partial charge in [0.1, 0.15) is 12.2 Å². The van der Waals surface area contributed by atoms with E-state index in [1.54, 1.807) is 18.2 Å². The number of aliphatic hydroxyl groups is 3. The summed E-state index contributed by atoms with van der Waals surface area (Å²) in [7, 11) is 1.52. The van der Waals surface area contributed by atoms with E-state index in [1.165, 1.54) is 52.1 Å². The molecule has 9 nitrogen and oxygen atoms in total. The van der Waals surface area contributed by atoms with E-state index in [9.17, 15) is 24.9 Å². The Bertz CT molecular complexity index is 1130. The van der Waals surface area contributed by atoms with Crippen LogP contribution >= 0.6 is 0 Å². The van der Waals surface area contributed by atoms with Gasteiger partial charge in [-0.15, -0.1) is 0 Å². The maximum absolute atomic E-state index is 14.0. The summed E-state index contributed by atoms with van der Waals surface area (Å²) in [6.07, 6.45) is 16.4. The van der Waals surface area contributed by atoms with Crippen molar-refractivity contribution in [2.75, 3.05) is 26.8 Å². The van der Waals surface area contributed by atoms with E-state index in [4.69, 9.17) is 9.47 Å². The van der Waals surface area contributed by atoms with E-state index in [1.807, 2.05) is 4.90 Å². The van der Waals surface area contributed by atoms with Crippen LogP contribution in [0.25, 0.3) is 0 Å². The number of carbonyl (C=O) groups is 2. The van der Waals surface area contributed by atoms with Crippen molar-refractivity contribution < 1.29 is 34.4 Å². The Balaban J connectivity index is 1.57. The third kappa shape index (κ3) is 9.01. The molecule has 1 saturated carbocycles. The summed E-state index contributed by atoms with van der Waals surface area (Å²) < 4.78 is 12.0. The highest BCUT2D eigenvalue weighted by molar-refractivity contribution is 5.96. The summed E-state index contributed by atoms with van der Waals surface area (Å²) in [5.74, 6) is 0.229. The van der Waals surface area contributed by atoms with Crippen LogP contribution in [0.1, 0.15) is 120 Å². The Labute approximate surface area is 269 Å². The largest absolute Gasteiger partial charge is 0.493 e. The van der Waals surface area contributed by atoms with Crippen LogP contribution in [0.5, 0.6) is 11.5 Å². The number of nitrogens with zero attached hydrogens (tertiary/aromatic N) is 1. The molecule has 0 spiro atoms. The van der Waals surface area contributed by atoms with Crippen LogP contribution in [0.4, 0.5) is 0 Å². The van der Waals surface area contributed by atoms with Gasteiger partial charge in [0.05, 0.1) is 32.3 Å².